The lowest BCUT2D eigenvalue weighted by molar-refractivity contribution is -0.385. The molecular weight excluding hydrogens is 306 g/mol. The zero-order valence-corrected chi connectivity index (χ0v) is 12.7. The van der Waals surface area contributed by atoms with E-state index in [9.17, 15) is 18.5 Å². The van der Waals surface area contributed by atoms with Gasteiger partial charge in [-0.25, -0.2) is 8.42 Å². The van der Waals surface area contributed by atoms with Crippen molar-refractivity contribution in [3.8, 4) is 5.75 Å². The maximum Gasteiger partial charge on any atom is 0.311 e. The second-order valence-corrected chi connectivity index (χ2v) is 6.85. The van der Waals surface area contributed by atoms with E-state index < -0.39 is 14.8 Å². The number of nitrogens with zero attached hydrogens (tertiary/aromatic N) is 1. The van der Waals surface area contributed by atoms with Gasteiger partial charge >= 0.3 is 5.69 Å². The molecule has 0 bridgehead atoms. The van der Waals surface area contributed by atoms with Crippen LogP contribution < -0.4 is 4.74 Å². The summed E-state index contributed by atoms with van der Waals surface area (Å²) in [5.41, 5.74) is 0.809. The summed E-state index contributed by atoms with van der Waals surface area (Å²) >= 11 is 0. The second-order valence-electron chi connectivity index (χ2n) is 4.78. The summed E-state index contributed by atoms with van der Waals surface area (Å²) in [6.45, 7) is 0. The number of rotatable bonds is 6. The molecule has 0 saturated heterocycles. The van der Waals surface area contributed by atoms with Crippen molar-refractivity contribution in [3.05, 3.63) is 69.8 Å². The van der Waals surface area contributed by atoms with Crippen molar-refractivity contribution >= 4 is 15.5 Å². The van der Waals surface area contributed by atoms with Gasteiger partial charge in [0.2, 0.25) is 0 Å². The van der Waals surface area contributed by atoms with Crippen molar-refractivity contribution in [1.82, 2.24) is 0 Å². The summed E-state index contributed by atoms with van der Waals surface area (Å²) in [4.78, 5) is 10.4. The first-order valence-corrected chi connectivity index (χ1v) is 8.29. The van der Waals surface area contributed by atoms with E-state index in [1.165, 1.54) is 25.3 Å². The van der Waals surface area contributed by atoms with Crippen LogP contribution in [0.3, 0.4) is 0 Å². The number of hydrogen-bond donors (Lipinski definition) is 0. The second kappa shape index (κ2) is 6.57. The van der Waals surface area contributed by atoms with Gasteiger partial charge in [0.15, 0.2) is 15.6 Å². The van der Waals surface area contributed by atoms with E-state index in [2.05, 4.69) is 0 Å². The first-order chi connectivity index (χ1) is 10.4. The zero-order valence-electron chi connectivity index (χ0n) is 11.9. The van der Waals surface area contributed by atoms with Gasteiger partial charge in [-0.15, -0.1) is 0 Å². The maximum absolute atomic E-state index is 12.2. The number of benzene rings is 2. The van der Waals surface area contributed by atoms with Crippen LogP contribution in [0.2, 0.25) is 0 Å². The van der Waals surface area contributed by atoms with Gasteiger partial charge in [0.1, 0.15) is 0 Å². The van der Waals surface area contributed by atoms with E-state index in [1.54, 1.807) is 24.3 Å². The summed E-state index contributed by atoms with van der Waals surface area (Å²) in [6.07, 6.45) is 0. The Balaban J connectivity index is 2.23. The van der Waals surface area contributed by atoms with Crippen LogP contribution in [-0.2, 0) is 21.3 Å². The third kappa shape index (κ3) is 4.05. The van der Waals surface area contributed by atoms with Crippen molar-refractivity contribution in [3.63, 3.8) is 0 Å². The van der Waals surface area contributed by atoms with Gasteiger partial charge in [-0.3, -0.25) is 10.1 Å². The summed E-state index contributed by atoms with van der Waals surface area (Å²) in [5.74, 6) is -0.255. The zero-order chi connectivity index (χ0) is 16.2. The van der Waals surface area contributed by atoms with Crippen LogP contribution in [0.5, 0.6) is 5.75 Å². The van der Waals surface area contributed by atoms with Gasteiger partial charge in [-0.1, -0.05) is 36.4 Å². The third-order valence-corrected chi connectivity index (χ3v) is 4.60. The molecular formula is C15H15NO5S. The Labute approximate surface area is 128 Å². The molecule has 22 heavy (non-hydrogen) atoms. The summed E-state index contributed by atoms with van der Waals surface area (Å²) in [7, 11) is -2.09. The number of nitro groups is 1. The SMILES string of the molecule is COc1ccc(CS(=O)(=O)Cc2ccccc2)cc1[N+](=O)[O-]. The molecule has 0 atom stereocenters. The molecule has 0 heterocycles. The van der Waals surface area contributed by atoms with Crippen molar-refractivity contribution in [1.29, 1.82) is 0 Å². The molecule has 0 aliphatic heterocycles. The molecule has 2 aromatic carbocycles. The smallest absolute Gasteiger partial charge is 0.311 e. The van der Waals surface area contributed by atoms with Gasteiger partial charge in [0.05, 0.1) is 23.5 Å². The number of sulfone groups is 1. The predicted octanol–water partition coefficient (Wildman–Crippen LogP) is 2.72. The number of hydrogen-bond acceptors (Lipinski definition) is 5. The van der Waals surface area contributed by atoms with E-state index >= 15 is 0 Å². The number of ether oxygens (including phenoxy) is 1. The molecule has 7 heteroatoms. The fraction of sp³-hybridized carbons (Fsp3) is 0.200. The highest BCUT2D eigenvalue weighted by atomic mass is 32.2. The Kier molecular flexibility index (Phi) is 4.77. The molecule has 2 aromatic rings. The van der Waals surface area contributed by atoms with Gasteiger partial charge in [0.25, 0.3) is 0 Å². The molecule has 0 N–H and O–H groups in total. The standard InChI is InChI=1S/C15H15NO5S/c1-21-15-8-7-13(9-14(15)16(17)18)11-22(19,20)10-12-5-3-2-4-6-12/h2-9H,10-11H2,1H3. The molecule has 116 valence electrons. The molecule has 2 rings (SSSR count). The molecule has 0 radical (unpaired) electrons. The fourth-order valence-electron chi connectivity index (χ4n) is 2.10. The maximum atomic E-state index is 12.2. The van der Waals surface area contributed by atoms with E-state index in [4.69, 9.17) is 4.74 Å². The molecule has 0 aliphatic rings. The highest BCUT2D eigenvalue weighted by molar-refractivity contribution is 7.89. The van der Waals surface area contributed by atoms with Gasteiger partial charge in [-0.05, 0) is 17.2 Å². The van der Waals surface area contributed by atoms with Crippen LogP contribution in [0, 0.1) is 10.1 Å². The van der Waals surface area contributed by atoms with Crippen molar-refractivity contribution in [2.24, 2.45) is 0 Å². The normalized spacial score (nSPS) is 11.1. The topological polar surface area (TPSA) is 86.5 Å². The van der Waals surface area contributed by atoms with Gasteiger partial charge in [-0.2, -0.15) is 0 Å². The Morgan fingerprint density at radius 3 is 2.27 bits per heavy atom. The first-order valence-electron chi connectivity index (χ1n) is 6.47. The van der Waals surface area contributed by atoms with Gasteiger partial charge < -0.3 is 4.74 Å². The Bertz CT molecular complexity index is 772. The molecule has 0 unspecified atom stereocenters. The highest BCUT2D eigenvalue weighted by Crippen LogP contribution is 2.28. The number of nitro benzene ring substituents is 1. The van der Waals surface area contributed by atoms with Crippen LogP contribution >= 0.6 is 0 Å². The van der Waals surface area contributed by atoms with Crippen LogP contribution in [0.15, 0.2) is 48.5 Å². The summed E-state index contributed by atoms with van der Waals surface area (Å²) in [5, 5.41) is 11.0. The molecule has 0 aromatic heterocycles. The lowest BCUT2D eigenvalue weighted by Gasteiger charge is -2.07. The molecule has 0 amide bonds. The van der Waals surface area contributed by atoms with Crippen molar-refractivity contribution in [2.45, 2.75) is 11.5 Å². The largest absolute Gasteiger partial charge is 0.490 e. The third-order valence-electron chi connectivity index (χ3n) is 3.06. The molecule has 6 nitrogen and oxygen atoms in total. The predicted molar refractivity (Wildman–Crippen MR) is 82.4 cm³/mol. The fourth-order valence-corrected chi connectivity index (χ4v) is 3.59. The molecule has 0 spiro atoms. The van der Waals surface area contributed by atoms with Crippen LogP contribution in [0.1, 0.15) is 11.1 Å². The van der Waals surface area contributed by atoms with E-state index in [1.807, 2.05) is 6.07 Å². The quantitative estimate of drug-likeness (QED) is 0.603. The van der Waals surface area contributed by atoms with Crippen molar-refractivity contribution in [2.75, 3.05) is 7.11 Å². The average Bonchev–Trinajstić information content (AvgIpc) is 2.47. The minimum atomic E-state index is -3.41. The Morgan fingerprint density at radius 1 is 1.05 bits per heavy atom. The van der Waals surface area contributed by atoms with E-state index in [-0.39, 0.29) is 22.9 Å². The van der Waals surface area contributed by atoms with E-state index in [0.717, 1.165) is 0 Å². The molecule has 0 aliphatic carbocycles. The lowest BCUT2D eigenvalue weighted by Crippen LogP contribution is -2.08. The minimum absolute atomic E-state index is 0.104. The van der Waals surface area contributed by atoms with Crippen molar-refractivity contribution < 1.29 is 18.1 Å². The molecule has 0 fully saturated rings. The van der Waals surface area contributed by atoms with Crippen LogP contribution in [0.4, 0.5) is 5.69 Å². The monoisotopic (exact) mass is 321 g/mol. The summed E-state index contributed by atoms with van der Waals surface area (Å²) < 4.78 is 29.3. The van der Waals surface area contributed by atoms with E-state index in [0.29, 0.717) is 11.1 Å². The lowest BCUT2D eigenvalue weighted by atomic mass is 10.2. The molecule has 0 saturated carbocycles. The number of methoxy groups -OCH3 is 1. The average molecular weight is 321 g/mol. The summed E-state index contributed by atoms with van der Waals surface area (Å²) in [6, 6.07) is 13.0. The first kappa shape index (κ1) is 16.0. The van der Waals surface area contributed by atoms with Crippen LogP contribution in [0.25, 0.3) is 0 Å². The van der Waals surface area contributed by atoms with Crippen LogP contribution in [-0.4, -0.2) is 20.5 Å². The van der Waals surface area contributed by atoms with Gasteiger partial charge in [0, 0.05) is 6.07 Å². The minimum Gasteiger partial charge on any atom is -0.490 e. The highest BCUT2D eigenvalue weighted by Gasteiger charge is 2.19. The Morgan fingerprint density at radius 2 is 1.68 bits per heavy atom. The Hall–Kier alpha value is -2.41.